The number of carbonyl (C=O) groups is 1. The van der Waals surface area contributed by atoms with Gasteiger partial charge in [0.2, 0.25) is 5.91 Å². The van der Waals surface area contributed by atoms with Crippen LogP contribution in [0, 0.1) is 0 Å². The standard InChI is InChI=1S/C18H16ClN3OS3/c19-13-3-7-15(8-4-13)24-11-1-2-17(23)21-14-5-9-16(10-6-14)26-18-22-20-12-25-18/h3-10,12H,1-2,11H2,(H,21,23). The van der Waals surface area contributed by atoms with Crippen molar-refractivity contribution in [2.24, 2.45) is 0 Å². The molecule has 3 rings (SSSR count). The molecule has 1 heterocycles. The van der Waals surface area contributed by atoms with Gasteiger partial charge in [-0.2, -0.15) is 0 Å². The minimum atomic E-state index is 0.0335. The van der Waals surface area contributed by atoms with Crippen LogP contribution in [0.5, 0.6) is 0 Å². The number of anilines is 1. The Labute approximate surface area is 169 Å². The van der Waals surface area contributed by atoms with Gasteiger partial charge in [0.15, 0.2) is 4.34 Å². The van der Waals surface area contributed by atoms with Crippen LogP contribution in [0.25, 0.3) is 0 Å². The molecule has 0 aliphatic heterocycles. The van der Waals surface area contributed by atoms with Gasteiger partial charge in [-0.05, 0) is 60.7 Å². The third kappa shape index (κ3) is 6.32. The van der Waals surface area contributed by atoms with Gasteiger partial charge in [0.05, 0.1) is 0 Å². The second-order valence-corrected chi connectivity index (χ2v) is 9.04. The third-order valence-electron chi connectivity index (χ3n) is 3.31. The van der Waals surface area contributed by atoms with Crippen LogP contribution in [0.4, 0.5) is 5.69 Å². The number of nitrogens with zero attached hydrogens (tertiary/aromatic N) is 2. The molecular formula is C18H16ClN3OS3. The van der Waals surface area contributed by atoms with Gasteiger partial charge < -0.3 is 5.32 Å². The average Bonchev–Trinajstić information content (AvgIpc) is 3.15. The molecule has 3 aromatic rings. The summed E-state index contributed by atoms with van der Waals surface area (Å²) in [5.74, 6) is 0.929. The number of hydrogen-bond donors (Lipinski definition) is 1. The van der Waals surface area contributed by atoms with E-state index in [1.165, 1.54) is 16.2 Å². The predicted octanol–water partition coefficient (Wildman–Crippen LogP) is 5.85. The Bertz CT molecular complexity index is 824. The van der Waals surface area contributed by atoms with Gasteiger partial charge in [0, 0.05) is 26.9 Å². The highest BCUT2D eigenvalue weighted by atomic mass is 35.5. The first kappa shape index (κ1) is 19.2. The Morgan fingerprint density at radius 1 is 1.08 bits per heavy atom. The van der Waals surface area contributed by atoms with Crippen molar-refractivity contribution in [1.29, 1.82) is 0 Å². The molecular weight excluding hydrogens is 406 g/mol. The molecule has 0 aliphatic rings. The van der Waals surface area contributed by atoms with E-state index in [0.29, 0.717) is 6.42 Å². The summed E-state index contributed by atoms with van der Waals surface area (Å²) in [7, 11) is 0. The van der Waals surface area contributed by atoms with Crippen molar-refractivity contribution < 1.29 is 4.79 Å². The lowest BCUT2D eigenvalue weighted by Gasteiger charge is -2.06. The van der Waals surface area contributed by atoms with Crippen molar-refractivity contribution in [2.75, 3.05) is 11.1 Å². The Morgan fingerprint density at radius 2 is 1.81 bits per heavy atom. The molecule has 0 spiro atoms. The number of thioether (sulfide) groups is 1. The lowest BCUT2D eigenvalue weighted by Crippen LogP contribution is -2.11. The summed E-state index contributed by atoms with van der Waals surface area (Å²) in [5, 5.41) is 11.5. The molecule has 8 heteroatoms. The summed E-state index contributed by atoms with van der Waals surface area (Å²) in [6.45, 7) is 0. The molecule has 134 valence electrons. The molecule has 2 aromatic carbocycles. The summed E-state index contributed by atoms with van der Waals surface area (Å²) in [6.07, 6.45) is 1.33. The van der Waals surface area contributed by atoms with E-state index in [9.17, 15) is 4.79 Å². The van der Waals surface area contributed by atoms with Crippen molar-refractivity contribution in [3.63, 3.8) is 0 Å². The highest BCUT2D eigenvalue weighted by Gasteiger charge is 2.05. The number of nitrogens with one attached hydrogen (secondary N) is 1. The van der Waals surface area contributed by atoms with Crippen molar-refractivity contribution in [3.8, 4) is 0 Å². The zero-order chi connectivity index (χ0) is 18.2. The molecule has 1 N–H and O–H groups in total. The summed E-state index contributed by atoms with van der Waals surface area (Å²) in [5.41, 5.74) is 2.52. The molecule has 0 aliphatic carbocycles. The van der Waals surface area contributed by atoms with Gasteiger partial charge in [-0.3, -0.25) is 4.79 Å². The van der Waals surface area contributed by atoms with Crippen LogP contribution >= 0.6 is 46.5 Å². The molecule has 1 amide bonds. The SMILES string of the molecule is O=C(CCCSc1ccc(Cl)cc1)Nc1ccc(Sc2nncs2)cc1. The van der Waals surface area contributed by atoms with Crippen molar-refractivity contribution in [2.45, 2.75) is 27.0 Å². The van der Waals surface area contributed by atoms with Crippen molar-refractivity contribution in [1.82, 2.24) is 10.2 Å². The molecule has 1 aromatic heterocycles. The maximum Gasteiger partial charge on any atom is 0.224 e. The predicted molar refractivity (Wildman–Crippen MR) is 111 cm³/mol. The van der Waals surface area contributed by atoms with Gasteiger partial charge in [-0.15, -0.1) is 22.0 Å². The van der Waals surface area contributed by atoms with Crippen molar-refractivity contribution in [3.05, 3.63) is 59.1 Å². The van der Waals surface area contributed by atoms with Gasteiger partial charge in [-0.25, -0.2) is 0 Å². The zero-order valence-electron chi connectivity index (χ0n) is 13.7. The number of rotatable bonds is 8. The molecule has 4 nitrogen and oxygen atoms in total. The molecule has 0 bridgehead atoms. The summed E-state index contributed by atoms with van der Waals surface area (Å²) in [4.78, 5) is 14.3. The van der Waals surface area contributed by atoms with E-state index in [4.69, 9.17) is 11.6 Å². The Balaban J connectivity index is 1.38. The van der Waals surface area contributed by atoms with Crippen LogP contribution in [0.1, 0.15) is 12.8 Å². The van der Waals surface area contributed by atoms with Gasteiger partial charge in [-0.1, -0.05) is 34.7 Å². The van der Waals surface area contributed by atoms with E-state index in [2.05, 4.69) is 15.5 Å². The summed E-state index contributed by atoms with van der Waals surface area (Å²) in [6, 6.07) is 15.5. The molecule has 0 unspecified atom stereocenters. The summed E-state index contributed by atoms with van der Waals surface area (Å²) >= 11 is 10.7. The van der Waals surface area contributed by atoms with Crippen LogP contribution < -0.4 is 5.32 Å². The third-order valence-corrected chi connectivity index (χ3v) is 6.45. The van der Waals surface area contributed by atoms with E-state index >= 15 is 0 Å². The first-order chi connectivity index (χ1) is 12.7. The van der Waals surface area contributed by atoms with Crippen LogP contribution in [0.3, 0.4) is 0 Å². The number of hydrogen-bond acceptors (Lipinski definition) is 6. The normalized spacial score (nSPS) is 10.7. The first-order valence-corrected chi connectivity index (χ1v) is 11.0. The summed E-state index contributed by atoms with van der Waals surface area (Å²) < 4.78 is 0.903. The number of amides is 1. The fourth-order valence-corrected chi connectivity index (χ4v) is 4.52. The van der Waals surface area contributed by atoms with Gasteiger partial charge in [0.1, 0.15) is 5.51 Å². The van der Waals surface area contributed by atoms with E-state index in [0.717, 1.165) is 32.1 Å². The van der Waals surface area contributed by atoms with E-state index in [-0.39, 0.29) is 5.91 Å². The van der Waals surface area contributed by atoms with E-state index < -0.39 is 0 Å². The van der Waals surface area contributed by atoms with E-state index in [1.54, 1.807) is 29.0 Å². The van der Waals surface area contributed by atoms with Gasteiger partial charge in [0.25, 0.3) is 0 Å². The molecule has 0 fully saturated rings. The minimum Gasteiger partial charge on any atom is -0.326 e. The monoisotopic (exact) mass is 421 g/mol. The average molecular weight is 422 g/mol. The fraction of sp³-hybridized carbons (Fsp3) is 0.167. The van der Waals surface area contributed by atoms with Gasteiger partial charge >= 0.3 is 0 Å². The van der Waals surface area contributed by atoms with Crippen LogP contribution in [-0.4, -0.2) is 21.9 Å². The molecule has 26 heavy (non-hydrogen) atoms. The number of carbonyl (C=O) groups excluding carboxylic acids is 1. The maximum atomic E-state index is 12.1. The zero-order valence-corrected chi connectivity index (χ0v) is 16.9. The van der Waals surface area contributed by atoms with Crippen LogP contribution in [-0.2, 0) is 4.79 Å². The molecule has 0 radical (unpaired) electrons. The fourth-order valence-electron chi connectivity index (χ4n) is 2.09. The number of aromatic nitrogens is 2. The first-order valence-electron chi connectivity index (χ1n) is 7.91. The highest BCUT2D eigenvalue weighted by Crippen LogP contribution is 2.29. The topological polar surface area (TPSA) is 54.9 Å². The second kappa shape index (κ2) is 9.97. The van der Waals surface area contributed by atoms with Crippen LogP contribution in [0.15, 0.2) is 68.2 Å². The number of halogens is 1. The maximum absolute atomic E-state index is 12.1. The van der Waals surface area contributed by atoms with Crippen LogP contribution in [0.2, 0.25) is 5.02 Å². The lowest BCUT2D eigenvalue weighted by molar-refractivity contribution is -0.116. The molecule has 0 atom stereocenters. The minimum absolute atomic E-state index is 0.0335. The largest absolute Gasteiger partial charge is 0.326 e. The quantitative estimate of drug-likeness (QED) is 0.365. The Hall–Kier alpha value is -1.54. The van der Waals surface area contributed by atoms with Crippen molar-refractivity contribution >= 4 is 58.1 Å². The number of benzene rings is 2. The lowest BCUT2D eigenvalue weighted by atomic mass is 10.3. The smallest absolute Gasteiger partial charge is 0.224 e. The highest BCUT2D eigenvalue weighted by molar-refractivity contribution is 8.01. The van der Waals surface area contributed by atoms with E-state index in [1.807, 2.05) is 48.5 Å². The molecule has 0 saturated heterocycles. The Morgan fingerprint density at radius 3 is 2.50 bits per heavy atom. The molecule has 0 saturated carbocycles. The second-order valence-electron chi connectivity index (χ2n) is 5.29. The Kier molecular flexibility index (Phi) is 7.37.